The van der Waals surface area contributed by atoms with E-state index in [4.69, 9.17) is 9.47 Å². The molecular formula is C19H20N2O5. The van der Waals surface area contributed by atoms with E-state index in [1.54, 1.807) is 42.5 Å². The summed E-state index contributed by atoms with van der Waals surface area (Å²) in [5.74, 6) is -0.647. The van der Waals surface area contributed by atoms with Crippen LogP contribution in [0.5, 0.6) is 11.5 Å². The number of para-hydroxylation sites is 3. The van der Waals surface area contributed by atoms with Crippen molar-refractivity contribution in [3.8, 4) is 11.5 Å². The Balaban J connectivity index is 1.65. The zero-order chi connectivity index (χ0) is 18.6. The number of amides is 2. The highest BCUT2D eigenvalue weighted by atomic mass is 16.5. The van der Waals surface area contributed by atoms with Crippen LogP contribution in [0.2, 0.25) is 0 Å². The van der Waals surface area contributed by atoms with Crippen molar-refractivity contribution < 1.29 is 24.2 Å². The molecule has 3 N–H and O–H groups in total. The van der Waals surface area contributed by atoms with Gasteiger partial charge in [-0.15, -0.1) is 0 Å². The summed E-state index contributed by atoms with van der Waals surface area (Å²) in [6.45, 7) is 0.238. The van der Waals surface area contributed by atoms with Crippen molar-refractivity contribution in [2.24, 2.45) is 0 Å². The van der Waals surface area contributed by atoms with Gasteiger partial charge in [-0.1, -0.05) is 30.3 Å². The molecule has 1 heterocycles. The van der Waals surface area contributed by atoms with Crippen LogP contribution in [-0.4, -0.2) is 37.2 Å². The lowest BCUT2D eigenvalue weighted by Gasteiger charge is -2.34. The maximum atomic E-state index is 12.1. The molecule has 1 atom stereocenters. The number of fused-ring (bicyclic) bond motifs is 1. The summed E-state index contributed by atoms with van der Waals surface area (Å²) >= 11 is 0. The monoisotopic (exact) mass is 356 g/mol. The van der Waals surface area contributed by atoms with Gasteiger partial charge in [-0.05, 0) is 18.2 Å². The third kappa shape index (κ3) is 3.62. The van der Waals surface area contributed by atoms with Gasteiger partial charge in [0.2, 0.25) is 0 Å². The maximum absolute atomic E-state index is 12.1. The Labute approximate surface area is 150 Å². The molecule has 1 aliphatic heterocycles. The van der Waals surface area contributed by atoms with Crippen molar-refractivity contribution in [2.45, 2.75) is 12.0 Å². The van der Waals surface area contributed by atoms with E-state index < -0.39 is 17.4 Å². The predicted octanol–water partition coefficient (Wildman–Crippen LogP) is 1.42. The van der Waals surface area contributed by atoms with Gasteiger partial charge in [-0.2, -0.15) is 0 Å². The second-order valence-corrected chi connectivity index (χ2v) is 5.96. The lowest BCUT2D eigenvalue weighted by molar-refractivity contribution is -0.137. The van der Waals surface area contributed by atoms with Gasteiger partial charge in [0.15, 0.2) is 0 Å². The zero-order valence-electron chi connectivity index (χ0n) is 14.3. The summed E-state index contributed by atoms with van der Waals surface area (Å²) < 4.78 is 10.6. The van der Waals surface area contributed by atoms with Crippen LogP contribution in [-0.2, 0) is 15.2 Å². The van der Waals surface area contributed by atoms with E-state index >= 15 is 0 Å². The molecule has 2 aromatic rings. The first-order valence-electron chi connectivity index (χ1n) is 8.20. The average molecular weight is 356 g/mol. The van der Waals surface area contributed by atoms with E-state index in [0.717, 1.165) is 0 Å². The first-order valence-corrected chi connectivity index (χ1v) is 8.20. The number of anilines is 1. The topological polar surface area (TPSA) is 96.9 Å². The normalized spacial score (nSPS) is 18.2. The predicted molar refractivity (Wildman–Crippen MR) is 95.1 cm³/mol. The van der Waals surface area contributed by atoms with Gasteiger partial charge in [0, 0.05) is 12.0 Å². The van der Waals surface area contributed by atoms with E-state index in [0.29, 0.717) is 35.8 Å². The van der Waals surface area contributed by atoms with Crippen molar-refractivity contribution in [3.63, 3.8) is 0 Å². The number of rotatable bonds is 4. The molecule has 1 unspecified atom stereocenters. The highest BCUT2D eigenvalue weighted by molar-refractivity contribution is 6.39. The maximum Gasteiger partial charge on any atom is 0.313 e. The number of benzene rings is 2. The summed E-state index contributed by atoms with van der Waals surface area (Å²) in [6.07, 6.45) is 0.318. The standard InChI is InChI=1S/C19H20N2O5/c1-25-16-9-5-3-7-14(16)21-18(23)17(22)20-12-19(24)10-11-26-15-8-4-2-6-13(15)19/h2-9,24H,10-12H2,1H3,(H,20,22)(H,21,23). The molecule has 0 aromatic heterocycles. The fourth-order valence-corrected chi connectivity index (χ4v) is 2.86. The lowest BCUT2D eigenvalue weighted by Crippen LogP contribution is -2.46. The first kappa shape index (κ1) is 17.8. The Kier molecular flexibility index (Phi) is 5.09. The van der Waals surface area contributed by atoms with Crippen LogP contribution in [0.3, 0.4) is 0 Å². The number of aliphatic hydroxyl groups is 1. The molecule has 7 heteroatoms. The first-order chi connectivity index (χ1) is 12.5. The van der Waals surface area contributed by atoms with Crippen LogP contribution in [0.15, 0.2) is 48.5 Å². The molecule has 7 nitrogen and oxygen atoms in total. The molecule has 0 aliphatic carbocycles. The molecule has 2 amide bonds. The SMILES string of the molecule is COc1ccccc1NC(=O)C(=O)NCC1(O)CCOc2ccccc21. The molecule has 0 saturated heterocycles. The number of carbonyl (C=O) groups excluding carboxylic acids is 2. The third-order valence-electron chi connectivity index (χ3n) is 4.26. The van der Waals surface area contributed by atoms with Crippen molar-refractivity contribution in [1.29, 1.82) is 0 Å². The zero-order valence-corrected chi connectivity index (χ0v) is 14.3. The summed E-state index contributed by atoms with van der Waals surface area (Å²) in [5, 5.41) is 15.9. The van der Waals surface area contributed by atoms with Crippen LogP contribution in [0.25, 0.3) is 0 Å². The van der Waals surface area contributed by atoms with Gasteiger partial charge in [0.05, 0.1) is 25.9 Å². The molecule has 0 radical (unpaired) electrons. The molecule has 2 aromatic carbocycles. The van der Waals surface area contributed by atoms with E-state index in [1.807, 2.05) is 6.07 Å². The fraction of sp³-hybridized carbons (Fsp3) is 0.263. The highest BCUT2D eigenvalue weighted by Gasteiger charge is 2.36. The molecular weight excluding hydrogens is 336 g/mol. The smallest absolute Gasteiger partial charge is 0.313 e. The number of carbonyl (C=O) groups is 2. The number of ether oxygens (including phenoxy) is 2. The van der Waals surface area contributed by atoms with Crippen LogP contribution in [0.4, 0.5) is 5.69 Å². The minimum absolute atomic E-state index is 0.0917. The van der Waals surface area contributed by atoms with Gasteiger partial charge in [0.1, 0.15) is 17.1 Å². The van der Waals surface area contributed by atoms with Gasteiger partial charge in [0.25, 0.3) is 0 Å². The molecule has 0 saturated carbocycles. The fourth-order valence-electron chi connectivity index (χ4n) is 2.86. The van der Waals surface area contributed by atoms with Crippen LogP contribution < -0.4 is 20.1 Å². The quantitative estimate of drug-likeness (QED) is 0.720. The van der Waals surface area contributed by atoms with Gasteiger partial charge in [-0.3, -0.25) is 9.59 Å². The average Bonchev–Trinajstić information content (AvgIpc) is 2.67. The highest BCUT2D eigenvalue weighted by Crippen LogP contribution is 2.36. The molecule has 0 fully saturated rings. The number of methoxy groups -OCH3 is 1. The van der Waals surface area contributed by atoms with Crippen molar-refractivity contribution in [2.75, 3.05) is 25.6 Å². The largest absolute Gasteiger partial charge is 0.495 e. The van der Waals surface area contributed by atoms with Crippen molar-refractivity contribution in [1.82, 2.24) is 5.32 Å². The Hall–Kier alpha value is -3.06. The van der Waals surface area contributed by atoms with E-state index in [9.17, 15) is 14.7 Å². The van der Waals surface area contributed by atoms with Crippen LogP contribution >= 0.6 is 0 Å². The summed E-state index contributed by atoms with van der Waals surface area (Å²) in [6, 6.07) is 13.9. The summed E-state index contributed by atoms with van der Waals surface area (Å²) in [5.41, 5.74) is -0.295. The van der Waals surface area contributed by atoms with Crippen LogP contribution in [0, 0.1) is 0 Å². The minimum Gasteiger partial charge on any atom is -0.495 e. The van der Waals surface area contributed by atoms with Gasteiger partial charge >= 0.3 is 11.8 Å². The van der Waals surface area contributed by atoms with Crippen LogP contribution in [0.1, 0.15) is 12.0 Å². The van der Waals surface area contributed by atoms with Crippen molar-refractivity contribution >= 4 is 17.5 Å². The van der Waals surface area contributed by atoms with E-state index in [2.05, 4.69) is 10.6 Å². The number of hydrogen-bond acceptors (Lipinski definition) is 5. The number of hydrogen-bond donors (Lipinski definition) is 3. The second kappa shape index (κ2) is 7.45. The molecule has 0 bridgehead atoms. The van der Waals surface area contributed by atoms with E-state index in [1.165, 1.54) is 7.11 Å². The van der Waals surface area contributed by atoms with E-state index in [-0.39, 0.29) is 6.54 Å². The lowest BCUT2D eigenvalue weighted by atomic mass is 9.88. The molecule has 136 valence electrons. The summed E-state index contributed by atoms with van der Waals surface area (Å²) in [7, 11) is 1.48. The Morgan fingerprint density at radius 1 is 1.15 bits per heavy atom. The van der Waals surface area contributed by atoms with Gasteiger partial charge < -0.3 is 25.2 Å². The molecule has 0 spiro atoms. The van der Waals surface area contributed by atoms with Gasteiger partial charge in [-0.25, -0.2) is 0 Å². The van der Waals surface area contributed by atoms with Crippen molar-refractivity contribution in [3.05, 3.63) is 54.1 Å². The Bertz CT molecular complexity index is 823. The Morgan fingerprint density at radius 2 is 1.88 bits per heavy atom. The molecule has 3 rings (SSSR count). The summed E-state index contributed by atoms with van der Waals surface area (Å²) in [4.78, 5) is 24.3. The third-order valence-corrected chi connectivity index (χ3v) is 4.26. The second-order valence-electron chi connectivity index (χ2n) is 5.96. The minimum atomic E-state index is -1.28. The number of nitrogens with one attached hydrogen (secondary N) is 2. The molecule has 26 heavy (non-hydrogen) atoms. The Morgan fingerprint density at radius 3 is 2.69 bits per heavy atom. The molecule has 1 aliphatic rings.